The van der Waals surface area contributed by atoms with E-state index in [2.05, 4.69) is 46.8 Å². The Morgan fingerprint density at radius 3 is 2.47 bits per heavy atom. The maximum atomic E-state index is 6.29. The molecular formula is C17H26O2. The first kappa shape index (κ1) is 12.4. The van der Waals surface area contributed by atoms with Crippen molar-refractivity contribution in [1.29, 1.82) is 0 Å². The zero-order valence-corrected chi connectivity index (χ0v) is 12.8. The third-order valence-electron chi connectivity index (χ3n) is 6.17. The standard InChI is InChI=1S/C17H26O2/c1-15(2)8-11-10-6-7-17(5,12(11)9-15)14-13(10)18-16(3,4)19-14/h6-7,10-14H,8-9H2,1-5H3/t10-,11+,12+,13+,14+,17+/m1/s1. The summed E-state index contributed by atoms with van der Waals surface area (Å²) in [6.07, 6.45) is 8.10. The fourth-order valence-corrected chi connectivity index (χ4v) is 5.49. The molecule has 5 rings (SSSR count). The van der Waals surface area contributed by atoms with Crippen molar-refractivity contribution < 1.29 is 9.47 Å². The van der Waals surface area contributed by atoms with Crippen molar-refractivity contribution in [2.75, 3.05) is 0 Å². The molecule has 0 aromatic carbocycles. The van der Waals surface area contributed by atoms with Gasteiger partial charge in [-0.15, -0.1) is 0 Å². The number of ether oxygens (including phenoxy) is 2. The Bertz CT molecular complexity index is 416. The van der Waals surface area contributed by atoms with Crippen molar-refractivity contribution in [3.05, 3.63) is 12.2 Å². The molecule has 0 aromatic heterocycles. The van der Waals surface area contributed by atoms with Gasteiger partial charge in [0.1, 0.15) is 0 Å². The molecular weight excluding hydrogens is 236 g/mol. The minimum atomic E-state index is -0.408. The topological polar surface area (TPSA) is 18.5 Å². The highest BCUT2D eigenvalue weighted by atomic mass is 16.8. The molecule has 5 aliphatic rings. The Morgan fingerprint density at radius 1 is 1.00 bits per heavy atom. The van der Waals surface area contributed by atoms with Gasteiger partial charge < -0.3 is 9.47 Å². The molecule has 1 heterocycles. The zero-order valence-electron chi connectivity index (χ0n) is 12.8. The molecule has 0 unspecified atom stereocenters. The molecule has 3 fully saturated rings. The van der Waals surface area contributed by atoms with E-state index in [1.165, 1.54) is 12.8 Å². The zero-order chi connectivity index (χ0) is 13.6. The first-order chi connectivity index (χ1) is 8.72. The second-order valence-corrected chi connectivity index (χ2v) is 8.67. The van der Waals surface area contributed by atoms with Crippen molar-refractivity contribution in [2.45, 2.75) is 65.5 Å². The van der Waals surface area contributed by atoms with Crippen molar-refractivity contribution in [2.24, 2.45) is 28.6 Å². The van der Waals surface area contributed by atoms with Crippen molar-refractivity contribution in [3.63, 3.8) is 0 Å². The first-order valence-electron chi connectivity index (χ1n) is 7.77. The molecule has 0 aromatic rings. The van der Waals surface area contributed by atoms with E-state index in [4.69, 9.17) is 9.47 Å². The van der Waals surface area contributed by atoms with E-state index < -0.39 is 5.79 Å². The van der Waals surface area contributed by atoms with Gasteiger partial charge in [0, 0.05) is 11.3 Å². The molecule has 0 amide bonds. The lowest BCUT2D eigenvalue weighted by Crippen LogP contribution is -2.57. The summed E-state index contributed by atoms with van der Waals surface area (Å²) >= 11 is 0. The molecule has 2 nitrogen and oxygen atoms in total. The molecule has 6 atom stereocenters. The molecule has 0 spiro atoms. The molecule has 2 bridgehead atoms. The number of hydrogen-bond donors (Lipinski definition) is 0. The van der Waals surface area contributed by atoms with Crippen LogP contribution in [0.15, 0.2) is 12.2 Å². The Kier molecular flexibility index (Phi) is 2.14. The largest absolute Gasteiger partial charge is 0.344 e. The average Bonchev–Trinajstić information content (AvgIpc) is 2.76. The molecule has 0 N–H and O–H groups in total. The highest BCUT2D eigenvalue weighted by Gasteiger charge is 2.66. The Hall–Kier alpha value is -0.340. The van der Waals surface area contributed by atoms with Gasteiger partial charge in [0.05, 0.1) is 12.2 Å². The minimum Gasteiger partial charge on any atom is -0.344 e. The van der Waals surface area contributed by atoms with Gasteiger partial charge in [-0.2, -0.15) is 0 Å². The van der Waals surface area contributed by atoms with E-state index in [1.807, 2.05) is 0 Å². The third-order valence-corrected chi connectivity index (χ3v) is 6.17. The van der Waals surface area contributed by atoms with E-state index in [1.54, 1.807) is 0 Å². The third kappa shape index (κ3) is 1.50. The van der Waals surface area contributed by atoms with Crippen molar-refractivity contribution >= 4 is 0 Å². The fourth-order valence-electron chi connectivity index (χ4n) is 5.49. The predicted octanol–water partition coefficient (Wildman–Crippen LogP) is 3.76. The van der Waals surface area contributed by atoms with Crippen LogP contribution < -0.4 is 0 Å². The first-order valence-corrected chi connectivity index (χ1v) is 7.77. The molecule has 0 radical (unpaired) electrons. The van der Waals surface area contributed by atoms with Gasteiger partial charge in [0.15, 0.2) is 5.79 Å². The monoisotopic (exact) mass is 262 g/mol. The van der Waals surface area contributed by atoms with E-state index in [-0.39, 0.29) is 17.6 Å². The molecule has 2 heteroatoms. The van der Waals surface area contributed by atoms with Gasteiger partial charge in [0.25, 0.3) is 0 Å². The smallest absolute Gasteiger partial charge is 0.163 e. The van der Waals surface area contributed by atoms with Gasteiger partial charge in [-0.25, -0.2) is 0 Å². The van der Waals surface area contributed by atoms with Crippen LogP contribution in [0.25, 0.3) is 0 Å². The van der Waals surface area contributed by atoms with Crippen LogP contribution in [0.2, 0.25) is 0 Å². The van der Waals surface area contributed by atoms with Crippen LogP contribution in [-0.2, 0) is 9.47 Å². The molecule has 106 valence electrons. The van der Waals surface area contributed by atoms with Crippen LogP contribution in [0.4, 0.5) is 0 Å². The lowest BCUT2D eigenvalue weighted by molar-refractivity contribution is -0.154. The minimum absolute atomic E-state index is 0.172. The molecule has 19 heavy (non-hydrogen) atoms. The van der Waals surface area contributed by atoms with Gasteiger partial charge in [0.2, 0.25) is 0 Å². The summed E-state index contributed by atoms with van der Waals surface area (Å²) in [5.74, 6) is 1.73. The maximum absolute atomic E-state index is 6.29. The maximum Gasteiger partial charge on any atom is 0.163 e. The Labute approximate surface area is 116 Å². The van der Waals surface area contributed by atoms with Crippen LogP contribution in [0.3, 0.4) is 0 Å². The van der Waals surface area contributed by atoms with Crippen LogP contribution in [0.5, 0.6) is 0 Å². The van der Waals surface area contributed by atoms with Crippen LogP contribution >= 0.6 is 0 Å². The number of hydrogen-bond acceptors (Lipinski definition) is 2. The molecule has 1 aliphatic heterocycles. The predicted molar refractivity (Wildman–Crippen MR) is 74.6 cm³/mol. The van der Waals surface area contributed by atoms with Gasteiger partial charge in [-0.1, -0.05) is 32.9 Å². The second kappa shape index (κ2) is 3.28. The van der Waals surface area contributed by atoms with Crippen LogP contribution in [0, 0.1) is 28.6 Å². The normalized spacial score (nSPS) is 56.2. The molecule has 4 aliphatic carbocycles. The van der Waals surface area contributed by atoms with E-state index >= 15 is 0 Å². The van der Waals surface area contributed by atoms with E-state index in [0.29, 0.717) is 11.3 Å². The lowest BCUT2D eigenvalue weighted by atomic mass is 9.53. The lowest BCUT2D eigenvalue weighted by Gasteiger charge is -2.54. The van der Waals surface area contributed by atoms with Crippen LogP contribution in [0.1, 0.15) is 47.5 Å². The summed E-state index contributed by atoms with van der Waals surface area (Å²) in [5.41, 5.74) is 0.653. The SMILES string of the molecule is CC1(C)C[C@H]2[C@H]3C=C[C@@](C)([C@H]2C1)[C@H]1OC(C)(C)O[C@@H]31. The summed E-state index contributed by atoms with van der Waals surface area (Å²) in [6, 6.07) is 0. The van der Waals surface area contributed by atoms with E-state index in [9.17, 15) is 0 Å². The van der Waals surface area contributed by atoms with Crippen LogP contribution in [-0.4, -0.2) is 18.0 Å². The average molecular weight is 262 g/mol. The highest BCUT2D eigenvalue weighted by molar-refractivity contribution is 5.26. The Morgan fingerprint density at radius 2 is 1.74 bits per heavy atom. The van der Waals surface area contributed by atoms with E-state index in [0.717, 1.165) is 11.8 Å². The summed E-state index contributed by atoms with van der Waals surface area (Å²) in [4.78, 5) is 0. The van der Waals surface area contributed by atoms with Gasteiger partial charge in [-0.05, 0) is 43.9 Å². The number of rotatable bonds is 0. The summed E-state index contributed by atoms with van der Waals surface area (Å²) < 4.78 is 12.5. The van der Waals surface area contributed by atoms with Gasteiger partial charge >= 0.3 is 0 Å². The second-order valence-electron chi connectivity index (χ2n) is 8.67. The van der Waals surface area contributed by atoms with Crippen molar-refractivity contribution in [1.82, 2.24) is 0 Å². The molecule has 1 saturated heterocycles. The summed E-state index contributed by atoms with van der Waals surface area (Å²) in [6.45, 7) is 11.4. The summed E-state index contributed by atoms with van der Waals surface area (Å²) in [5, 5.41) is 0. The van der Waals surface area contributed by atoms with Crippen molar-refractivity contribution in [3.8, 4) is 0 Å². The van der Waals surface area contributed by atoms with Gasteiger partial charge in [-0.3, -0.25) is 0 Å². The Balaban J connectivity index is 1.77. The highest BCUT2D eigenvalue weighted by Crippen LogP contribution is 2.66. The fraction of sp³-hybridized carbons (Fsp3) is 0.882. The quantitative estimate of drug-likeness (QED) is 0.619. The molecule has 2 saturated carbocycles. The summed E-state index contributed by atoms with van der Waals surface area (Å²) in [7, 11) is 0.